The van der Waals surface area contributed by atoms with Crippen LogP contribution < -0.4 is 0 Å². The molecular weight excluding hydrogens is 386 g/mol. The van der Waals surface area contributed by atoms with Gasteiger partial charge < -0.3 is 4.57 Å². The van der Waals surface area contributed by atoms with E-state index in [0.717, 1.165) is 30.3 Å². The summed E-state index contributed by atoms with van der Waals surface area (Å²) in [7, 11) is -1.84. The Bertz CT molecular complexity index is 1250. The molecule has 1 atom stereocenters. The summed E-state index contributed by atoms with van der Waals surface area (Å²) < 4.78 is 27.2. The molecule has 0 fully saturated rings. The van der Waals surface area contributed by atoms with Crippen LogP contribution >= 0.6 is 0 Å². The molecule has 4 rings (SSSR count). The number of carbonyl (C=O) groups excluding carboxylic acids is 1. The summed E-state index contributed by atoms with van der Waals surface area (Å²) in [6.45, 7) is 0. The van der Waals surface area contributed by atoms with E-state index in [0.29, 0.717) is 11.3 Å². The van der Waals surface area contributed by atoms with Crippen LogP contribution in [-0.2, 0) is 34.5 Å². The number of imidazole rings is 1. The molecule has 6 nitrogen and oxygen atoms in total. The molecule has 2 aromatic carbocycles. The second kappa shape index (κ2) is 7.45. The molecule has 0 amide bonds. The van der Waals surface area contributed by atoms with E-state index >= 15 is 0 Å². The summed E-state index contributed by atoms with van der Waals surface area (Å²) in [6.07, 6.45) is 2.69. The van der Waals surface area contributed by atoms with Crippen molar-refractivity contribution in [2.45, 2.75) is 36.5 Å². The van der Waals surface area contributed by atoms with Crippen LogP contribution in [0.25, 0.3) is 11.0 Å². The van der Waals surface area contributed by atoms with Crippen molar-refractivity contribution < 1.29 is 13.2 Å². The van der Waals surface area contributed by atoms with Crippen molar-refractivity contribution in [3.63, 3.8) is 0 Å². The van der Waals surface area contributed by atoms with Crippen LogP contribution in [0.4, 0.5) is 0 Å². The lowest BCUT2D eigenvalue weighted by atomic mass is 10.0. The summed E-state index contributed by atoms with van der Waals surface area (Å²) >= 11 is 0. The molecule has 0 radical (unpaired) electrons. The highest BCUT2D eigenvalue weighted by Gasteiger charge is 2.28. The average Bonchev–Trinajstić information content (AvgIpc) is 3.32. The van der Waals surface area contributed by atoms with Gasteiger partial charge in [0, 0.05) is 13.5 Å². The number of aromatic nitrogens is 2. The number of ketones is 1. The Balaban J connectivity index is 1.53. The number of carbonyl (C=O) groups is 1. The maximum Gasteiger partial charge on any atom is 0.178 e. The third kappa shape index (κ3) is 3.56. The lowest BCUT2D eigenvalue weighted by molar-refractivity contribution is -0.119. The summed E-state index contributed by atoms with van der Waals surface area (Å²) in [5.74, 6) is -1.50. The highest BCUT2D eigenvalue weighted by molar-refractivity contribution is 7.91. The van der Waals surface area contributed by atoms with E-state index in [4.69, 9.17) is 0 Å². The topological polar surface area (TPSA) is 92.8 Å². The number of hydrogen-bond acceptors (Lipinski definition) is 5. The Morgan fingerprint density at radius 1 is 1.21 bits per heavy atom. The molecule has 0 N–H and O–H groups in total. The standard InChI is InChI=1S/C22H21N3O3S/c1-25-20-8-3-2-7-19(20)24-22(25)18(14-23)21(26)11-12-29(27,28)17-10-9-15-5-4-6-16(15)13-17/h2-3,7-10,13,18H,4-6,11-12H2,1H3. The quantitative estimate of drug-likeness (QED) is 0.626. The maximum absolute atomic E-state index is 12.7. The number of fused-ring (bicyclic) bond motifs is 2. The molecule has 1 aliphatic rings. The molecule has 1 heterocycles. The van der Waals surface area contributed by atoms with Crippen LogP contribution in [-0.4, -0.2) is 29.5 Å². The Morgan fingerprint density at radius 2 is 1.97 bits per heavy atom. The van der Waals surface area contributed by atoms with Gasteiger partial charge in [0.15, 0.2) is 21.5 Å². The smallest absolute Gasteiger partial charge is 0.178 e. The van der Waals surface area contributed by atoms with Gasteiger partial charge in [-0.1, -0.05) is 18.2 Å². The highest BCUT2D eigenvalue weighted by Crippen LogP contribution is 2.26. The van der Waals surface area contributed by atoms with E-state index in [1.807, 2.05) is 36.4 Å². The van der Waals surface area contributed by atoms with Gasteiger partial charge >= 0.3 is 0 Å². The molecule has 7 heteroatoms. The van der Waals surface area contributed by atoms with Gasteiger partial charge in [-0.05, 0) is 54.7 Å². The molecule has 148 valence electrons. The number of rotatable bonds is 6. The summed E-state index contributed by atoms with van der Waals surface area (Å²) in [5, 5.41) is 9.58. The molecule has 1 aliphatic carbocycles. The number of nitrogens with zero attached hydrogens (tertiary/aromatic N) is 3. The maximum atomic E-state index is 12.7. The van der Waals surface area contributed by atoms with Crippen molar-refractivity contribution in [2.75, 3.05) is 5.75 Å². The van der Waals surface area contributed by atoms with E-state index in [1.165, 1.54) is 5.56 Å². The zero-order chi connectivity index (χ0) is 20.6. The summed E-state index contributed by atoms with van der Waals surface area (Å²) in [4.78, 5) is 17.4. The monoisotopic (exact) mass is 407 g/mol. The fourth-order valence-corrected chi connectivity index (χ4v) is 5.24. The largest absolute Gasteiger partial charge is 0.330 e. The molecule has 0 aliphatic heterocycles. The number of sulfone groups is 1. The van der Waals surface area contributed by atoms with E-state index in [-0.39, 0.29) is 17.1 Å². The minimum absolute atomic E-state index is 0.221. The number of nitriles is 1. The molecule has 0 bridgehead atoms. The average molecular weight is 407 g/mol. The first kappa shape index (κ1) is 19.3. The number of Topliss-reactive ketones (excluding diaryl/α,β-unsaturated/α-hetero) is 1. The molecule has 3 aromatic rings. The van der Waals surface area contributed by atoms with E-state index in [1.54, 1.807) is 23.7 Å². The van der Waals surface area contributed by atoms with Crippen molar-refractivity contribution in [3.05, 3.63) is 59.4 Å². The van der Waals surface area contributed by atoms with Crippen molar-refractivity contribution in [1.29, 1.82) is 5.26 Å². The lowest BCUT2D eigenvalue weighted by Crippen LogP contribution is -2.19. The zero-order valence-electron chi connectivity index (χ0n) is 16.1. The van der Waals surface area contributed by atoms with E-state index in [9.17, 15) is 18.5 Å². The van der Waals surface area contributed by atoms with Gasteiger partial charge in [0.25, 0.3) is 0 Å². The van der Waals surface area contributed by atoms with E-state index in [2.05, 4.69) is 4.98 Å². The highest BCUT2D eigenvalue weighted by atomic mass is 32.2. The van der Waals surface area contributed by atoms with Gasteiger partial charge in [0.1, 0.15) is 5.82 Å². The van der Waals surface area contributed by atoms with Crippen LogP contribution in [0.1, 0.15) is 35.7 Å². The number of benzene rings is 2. The number of aryl methyl sites for hydroxylation is 3. The second-order valence-corrected chi connectivity index (χ2v) is 9.51. The van der Waals surface area contributed by atoms with Crippen molar-refractivity contribution >= 4 is 26.7 Å². The zero-order valence-corrected chi connectivity index (χ0v) is 16.9. The van der Waals surface area contributed by atoms with Crippen LogP contribution in [0, 0.1) is 11.3 Å². The first-order valence-corrected chi connectivity index (χ1v) is 11.2. The Morgan fingerprint density at radius 3 is 2.72 bits per heavy atom. The van der Waals surface area contributed by atoms with Crippen LogP contribution in [0.2, 0.25) is 0 Å². The van der Waals surface area contributed by atoms with Crippen LogP contribution in [0.5, 0.6) is 0 Å². The Hall–Kier alpha value is -2.98. The normalized spacial score (nSPS) is 14.5. The molecule has 0 saturated carbocycles. The first-order chi connectivity index (χ1) is 13.9. The molecular formula is C22H21N3O3S. The van der Waals surface area contributed by atoms with Crippen molar-refractivity contribution in [1.82, 2.24) is 9.55 Å². The second-order valence-electron chi connectivity index (χ2n) is 7.40. The molecule has 1 aromatic heterocycles. The van der Waals surface area contributed by atoms with E-state index < -0.39 is 21.5 Å². The van der Waals surface area contributed by atoms with Crippen molar-refractivity contribution in [2.24, 2.45) is 7.05 Å². The fourth-order valence-electron chi connectivity index (χ4n) is 3.93. The lowest BCUT2D eigenvalue weighted by Gasteiger charge is -2.10. The molecule has 0 saturated heterocycles. The number of hydrogen-bond donors (Lipinski definition) is 0. The molecule has 29 heavy (non-hydrogen) atoms. The molecule has 0 spiro atoms. The summed E-state index contributed by atoms with van der Waals surface area (Å²) in [5.41, 5.74) is 3.79. The third-order valence-electron chi connectivity index (χ3n) is 5.58. The van der Waals surface area contributed by atoms with Gasteiger partial charge in [0.2, 0.25) is 0 Å². The Labute approximate surface area is 169 Å². The van der Waals surface area contributed by atoms with Crippen LogP contribution in [0.15, 0.2) is 47.4 Å². The number of para-hydroxylation sites is 2. The van der Waals surface area contributed by atoms with Gasteiger partial charge in [-0.2, -0.15) is 5.26 Å². The van der Waals surface area contributed by atoms with Gasteiger partial charge in [-0.15, -0.1) is 0 Å². The predicted octanol–water partition coefficient (Wildman–Crippen LogP) is 3.10. The minimum Gasteiger partial charge on any atom is -0.330 e. The SMILES string of the molecule is Cn1c(C(C#N)C(=O)CCS(=O)(=O)c2ccc3c(c2)CCC3)nc2ccccc21. The fraction of sp³-hybridized carbons (Fsp3) is 0.318. The minimum atomic E-state index is -3.59. The predicted molar refractivity (Wildman–Crippen MR) is 109 cm³/mol. The third-order valence-corrected chi connectivity index (χ3v) is 7.29. The van der Waals surface area contributed by atoms with Gasteiger partial charge in [-0.25, -0.2) is 13.4 Å². The van der Waals surface area contributed by atoms with Crippen LogP contribution in [0.3, 0.4) is 0 Å². The Kier molecular flexibility index (Phi) is 4.97. The van der Waals surface area contributed by atoms with Gasteiger partial charge in [-0.3, -0.25) is 4.79 Å². The van der Waals surface area contributed by atoms with Gasteiger partial charge in [0.05, 0.1) is 27.8 Å². The molecule has 1 unspecified atom stereocenters. The summed E-state index contributed by atoms with van der Waals surface area (Å²) in [6, 6.07) is 14.6. The first-order valence-electron chi connectivity index (χ1n) is 9.59. The van der Waals surface area contributed by atoms with Crippen molar-refractivity contribution in [3.8, 4) is 6.07 Å².